The number of nitrogens with two attached hydrogens (primary N) is 1. The van der Waals surface area contributed by atoms with Gasteiger partial charge in [-0.15, -0.1) is 0 Å². The summed E-state index contributed by atoms with van der Waals surface area (Å²) < 4.78 is 0. The van der Waals surface area contributed by atoms with E-state index in [0.717, 1.165) is 44.1 Å². The van der Waals surface area contributed by atoms with Crippen LogP contribution in [0.5, 0.6) is 5.75 Å². The third-order valence-electron chi connectivity index (χ3n) is 4.24. The molecule has 1 amide bonds. The molecular formula is C16H22N2O2S. The predicted molar refractivity (Wildman–Crippen MR) is 87.5 cm³/mol. The average Bonchev–Trinajstić information content (AvgIpc) is 2.65. The highest BCUT2D eigenvalue weighted by molar-refractivity contribution is 7.80. The zero-order valence-electron chi connectivity index (χ0n) is 12.3. The van der Waals surface area contributed by atoms with Crippen molar-refractivity contribution in [3.8, 4) is 5.75 Å². The molecule has 2 rings (SSSR count). The molecule has 4 N–H and O–H groups in total. The number of rotatable bonds is 3. The van der Waals surface area contributed by atoms with E-state index >= 15 is 0 Å². The molecule has 0 unspecified atom stereocenters. The number of carbonyl (C=O) groups excluding carboxylic acids is 1. The highest BCUT2D eigenvalue weighted by Crippen LogP contribution is 2.28. The summed E-state index contributed by atoms with van der Waals surface area (Å²) in [6.45, 7) is 1.80. The fourth-order valence-corrected chi connectivity index (χ4v) is 3.21. The van der Waals surface area contributed by atoms with Crippen molar-refractivity contribution >= 4 is 23.1 Å². The van der Waals surface area contributed by atoms with Gasteiger partial charge in [-0.2, -0.15) is 0 Å². The molecule has 0 bridgehead atoms. The van der Waals surface area contributed by atoms with E-state index in [1.807, 2.05) is 0 Å². The number of aryl methyl sites for hydroxylation is 1. The van der Waals surface area contributed by atoms with Crippen molar-refractivity contribution in [3.05, 3.63) is 29.3 Å². The Hall–Kier alpha value is -1.62. The van der Waals surface area contributed by atoms with Crippen LogP contribution in [0.25, 0.3) is 0 Å². The first kappa shape index (κ1) is 15.8. The number of nitrogens with one attached hydrogen (secondary N) is 1. The maximum Gasteiger partial charge on any atom is 0.252 e. The number of carbonyl (C=O) groups is 1. The maximum atomic E-state index is 12.6. The lowest BCUT2D eigenvalue weighted by Crippen LogP contribution is -2.56. The van der Waals surface area contributed by atoms with Crippen molar-refractivity contribution in [1.29, 1.82) is 0 Å². The zero-order valence-corrected chi connectivity index (χ0v) is 13.1. The number of amides is 1. The lowest BCUT2D eigenvalue weighted by molar-refractivity contribution is 0.0917. The quantitative estimate of drug-likeness (QED) is 0.593. The van der Waals surface area contributed by atoms with Crippen LogP contribution in [-0.2, 0) is 0 Å². The Morgan fingerprint density at radius 3 is 2.43 bits per heavy atom. The summed E-state index contributed by atoms with van der Waals surface area (Å²) in [7, 11) is 0. The number of phenols is 1. The van der Waals surface area contributed by atoms with Crippen LogP contribution < -0.4 is 11.1 Å². The fraction of sp³-hybridized carbons (Fsp3) is 0.500. The lowest BCUT2D eigenvalue weighted by Gasteiger charge is -2.33. The topological polar surface area (TPSA) is 75.3 Å². The Bertz CT molecular complexity index is 549. The van der Waals surface area contributed by atoms with Gasteiger partial charge in [0.05, 0.1) is 10.5 Å². The molecule has 1 aliphatic rings. The Kier molecular flexibility index (Phi) is 4.83. The minimum absolute atomic E-state index is 0.155. The van der Waals surface area contributed by atoms with Gasteiger partial charge in [-0.1, -0.05) is 37.9 Å². The van der Waals surface area contributed by atoms with E-state index in [1.54, 1.807) is 19.1 Å². The van der Waals surface area contributed by atoms with Gasteiger partial charge in [0.15, 0.2) is 0 Å². The second-order valence-electron chi connectivity index (χ2n) is 5.81. The van der Waals surface area contributed by atoms with E-state index in [2.05, 4.69) is 5.32 Å². The van der Waals surface area contributed by atoms with Gasteiger partial charge in [-0.05, 0) is 43.5 Å². The number of thiocarbonyl (C=S) groups is 1. The first-order valence-corrected chi connectivity index (χ1v) is 7.77. The highest BCUT2D eigenvalue weighted by atomic mass is 32.1. The minimum atomic E-state index is -0.576. The van der Waals surface area contributed by atoms with E-state index in [1.165, 1.54) is 6.07 Å². The summed E-state index contributed by atoms with van der Waals surface area (Å²) >= 11 is 5.23. The van der Waals surface area contributed by atoms with Crippen LogP contribution in [0.15, 0.2) is 18.2 Å². The molecule has 1 saturated carbocycles. The van der Waals surface area contributed by atoms with Gasteiger partial charge in [0.1, 0.15) is 5.75 Å². The molecule has 0 heterocycles. The second-order valence-corrected chi connectivity index (χ2v) is 6.25. The van der Waals surface area contributed by atoms with Crippen LogP contribution in [0.4, 0.5) is 0 Å². The van der Waals surface area contributed by atoms with Crippen molar-refractivity contribution in [1.82, 2.24) is 5.32 Å². The molecule has 21 heavy (non-hydrogen) atoms. The smallest absolute Gasteiger partial charge is 0.252 e. The summed E-state index contributed by atoms with van der Waals surface area (Å²) in [5.74, 6) is -0.0234. The minimum Gasteiger partial charge on any atom is -0.508 e. The summed E-state index contributed by atoms with van der Waals surface area (Å²) in [6, 6.07) is 4.72. The molecule has 0 aromatic heterocycles. The van der Waals surface area contributed by atoms with Gasteiger partial charge >= 0.3 is 0 Å². The molecule has 1 aromatic carbocycles. The Labute approximate surface area is 130 Å². The predicted octanol–water partition coefficient (Wildman–Crippen LogP) is 2.81. The van der Waals surface area contributed by atoms with E-state index in [4.69, 9.17) is 18.0 Å². The first-order chi connectivity index (χ1) is 9.94. The molecule has 0 radical (unpaired) electrons. The largest absolute Gasteiger partial charge is 0.508 e. The summed E-state index contributed by atoms with van der Waals surface area (Å²) in [5.41, 5.74) is 6.64. The van der Waals surface area contributed by atoms with Crippen molar-refractivity contribution in [2.24, 2.45) is 5.73 Å². The lowest BCUT2D eigenvalue weighted by atomic mass is 9.89. The normalized spacial score (nSPS) is 17.8. The number of hydrogen-bond donors (Lipinski definition) is 3. The third-order valence-corrected chi connectivity index (χ3v) is 4.63. The van der Waals surface area contributed by atoms with E-state index in [-0.39, 0.29) is 11.7 Å². The van der Waals surface area contributed by atoms with Crippen LogP contribution in [-0.4, -0.2) is 21.5 Å². The zero-order chi connectivity index (χ0) is 15.5. The van der Waals surface area contributed by atoms with Crippen molar-refractivity contribution in [2.75, 3.05) is 0 Å². The molecule has 114 valence electrons. The van der Waals surface area contributed by atoms with Crippen LogP contribution in [0.3, 0.4) is 0 Å². The van der Waals surface area contributed by atoms with Crippen molar-refractivity contribution in [3.63, 3.8) is 0 Å². The first-order valence-electron chi connectivity index (χ1n) is 7.37. The van der Waals surface area contributed by atoms with Gasteiger partial charge in [0, 0.05) is 5.56 Å². The van der Waals surface area contributed by atoms with Gasteiger partial charge in [-0.3, -0.25) is 4.79 Å². The van der Waals surface area contributed by atoms with Gasteiger partial charge < -0.3 is 16.2 Å². The summed E-state index contributed by atoms with van der Waals surface area (Å²) in [4.78, 5) is 12.9. The van der Waals surface area contributed by atoms with Crippen LogP contribution in [0, 0.1) is 6.92 Å². The number of aromatic hydroxyl groups is 1. The average molecular weight is 306 g/mol. The van der Waals surface area contributed by atoms with Gasteiger partial charge in [0.25, 0.3) is 5.91 Å². The van der Waals surface area contributed by atoms with Crippen LogP contribution in [0.1, 0.15) is 54.4 Å². The fourth-order valence-electron chi connectivity index (χ4n) is 2.95. The third kappa shape index (κ3) is 3.53. The maximum absolute atomic E-state index is 12.6. The molecule has 1 aliphatic carbocycles. The Balaban J connectivity index is 2.24. The van der Waals surface area contributed by atoms with E-state index in [9.17, 15) is 9.90 Å². The van der Waals surface area contributed by atoms with Gasteiger partial charge in [0.2, 0.25) is 0 Å². The molecule has 1 aromatic rings. The van der Waals surface area contributed by atoms with E-state index < -0.39 is 5.54 Å². The van der Waals surface area contributed by atoms with Crippen molar-refractivity contribution in [2.45, 2.75) is 51.0 Å². The molecule has 1 fully saturated rings. The molecule has 0 saturated heterocycles. The van der Waals surface area contributed by atoms with Gasteiger partial charge in [-0.25, -0.2) is 0 Å². The molecule has 5 heteroatoms. The van der Waals surface area contributed by atoms with Crippen LogP contribution >= 0.6 is 12.2 Å². The van der Waals surface area contributed by atoms with Crippen LogP contribution in [0.2, 0.25) is 0 Å². The molecule has 0 aliphatic heterocycles. The number of hydrogen-bond acceptors (Lipinski definition) is 3. The molecular weight excluding hydrogens is 284 g/mol. The highest BCUT2D eigenvalue weighted by Gasteiger charge is 2.35. The molecule has 0 spiro atoms. The Morgan fingerprint density at radius 1 is 1.29 bits per heavy atom. The second kappa shape index (κ2) is 6.43. The standard InChI is InChI=1S/C16H22N2O2S/c1-11-10-12(19)6-7-13(11)14(20)18-16(15(17)21)8-4-2-3-5-9-16/h6-7,10,19H,2-5,8-9H2,1H3,(H2,17,21)(H,18,20). The summed E-state index contributed by atoms with van der Waals surface area (Å²) in [6.07, 6.45) is 5.94. The van der Waals surface area contributed by atoms with Crippen molar-refractivity contribution < 1.29 is 9.90 Å². The monoisotopic (exact) mass is 306 g/mol. The van der Waals surface area contributed by atoms with E-state index in [0.29, 0.717) is 10.6 Å². The summed E-state index contributed by atoms with van der Waals surface area (Å²) in [5, 5.41) is 12.5. The number of benzene rings is 1. The number of phenolic OH excluding ortho intramolecular Hbond substituents is 1. The SMILES string of the molecule is Cc1cc(O)ccc1C(=O)NC1(C(N)=S)CCCCCC1. The molecule has 4 nitrogen and oxygen atoms in total. The molecule has 0 atom stereocenters. The Morgan fingerprint density at radius 2 is 1.90 bits per heavy atom.